The lowest BCUT2D eigenvalue weighted by Crippen LogP contribution is -2.16. The minimum absolute atomic E-state index is 0.0874. The van der Waals surface area contributed by atoms with Crippen molar-refractivity contribution in [1.29, 1.82) is 0 Å². The second-order valence-electron chi connectivity index (χ2n) is 6.03. The number of pyridine rings is 1. The Morgan fingerprint density at radius 3 is 2.48 bits per heavy atom. The van der Waals surface area contributed by atoms with E-state index in [-0.39, 0.29) is 5.56 Å². The summed E-state index contributed by atoms with van der Waals surface area (Å²) in [5.74, 6) is 1.42. The standard InChI is InChI=1S/C20H22N2O3/c1-12-5-6-13(2)19-16(12)9-14(20(23)22-19)11-21-17-10-15(24-3)7-8-18(17)25-4/h5-10,21H,11H2,1-4H3,(H,22,23). The van der Waals surface area contributed by atoms with Crippen molar-refractivity contribution in [2.75, 3.05) is 19.5 Å². The van der Waals surface area contributed by atoms with Crippen LogP contribution in [0.5, 0.6) is 11.5 Å². The Labute approximate surface area is 146 Å². The Balaban J connectivity index is 1.95. The van der Waals surface area contributed by atoms with Crippen molar-refractivity contribution in [3.63, 3.8) is 0 Å². The van der Waals surface area contributed by atoms with Gasteiger partial charge in [0.2, 0.25) is 0 Å². The maximum absolute atomic E-state index is 12.4. The third-order valence-electron chi connectivity index (χ3n) is 4.40. The van der Waals surface area contributed by atoms with Gasteiger partial charge in [-0.3, -0.25) is 4.79 Å². The number of ether oxygens (including phenoxy) is 2. The number of H-pyrrole nitrogens is 1. The molecule has 0 atom stereocenters. The summed E-state index contributed by atoms with van der Waals surface area (Å²) in [4.78, 5) is 15.4. The summed E-state index contributed by atoms with van der Waals surface area (Å²) < 4.78 is 10.6. The molecule has 2 N–H and O–H groups in total. The molecule has 5 heteroatoms. The minimum Gasteiger partial charge on any atom is -0.497 e. The molecule has 0 saturated carbocycles. The van der Waals surface area contributed by atoms with Crippen LogP contribution < -0.4 is 20.3 Å². The topological polar surface area (TPSA) is 63.4 Å². The van der Waals surface area contributed by atoms with Gasteiger partial charge in [-0.05, 0) is 43.2 Å². The second-order valence-corrected chi connectivity index (χ2v) is 6.03. The van der Waals surface area contributed by atoms with E-state index in [1.807, 2.05) is 44.2 Å². The molecule has 0 unspecified atom stereocenters. The summed E-state index contributed by atoms with van der Waals surface area (Å²) in [6.07, 6.45) is 0. The molecule has 0 spiro atoms. The third-order valence-corrected chi connectivity index (χ3v) is 4.40. The van der Waals surface area contributed by atoms with Crippen molar-refractivity contribution in [3.05, 3.63) is 63.4 Å². The number of anilines is 1. The molecule has 1 heterocycles. The third kappa shape index (κ3) is 3.31. The molecular weight excluding hydrogens is 316 g/mol. The molecule has 2 aromatic carbocycles. The zero-order valence-electron chi connectivity index (χ0n) is 14.9. The van der Waals surface area contributed by atoms with Gasteiger partial charge in [-0.1, -0.05) is 12.1 Å². The predicted molar refractivity (Wildman–Crippen MR) is 101 cm³/mol. The van der Waals surface area contributed by atoms with Crippen molar-refractivity contribution in [2.24, 2.45) is 0 Å². The summed E-state index contributed by atoms with van der Waals surface area (Å²) in [6.45, 7) is 4.43. The number of hydrogen-bond acceptors (Lipinski definition) is 4. The highest BCUT2D eigenvalue weighted by Crippen LogP contribution is 2.29. The molecule has 5 nitrogen and oxygen atoms in total. The summed E-state index contributed by atoms with van der Waals surface area (Å²) >= 11 is 0. The Morgan fingerprint density at radius 2 is 1.76 bits per heavy atom. The number of aromatic nitrogens is 1. The van der Waals surface area contributed by atoms with Crippen LogP contribution in [0.2, 0.25) is 0 Å². The zero-order valence-corrected chi connectivity index (χ0v) is 14.9. The first-order chi connectivity index (χ1) is 12.0. The van der Waals surface area contributed by atoms with E-state index in [0.29, 0.717) is 17.9 Å². The summed E-state index contributed by atoms with van der Waals surface area (Å²) in [7, 11) is 3.23. The van der Waals surface area contributed by atoms with Crippen LogP contribution in [0.1, 0.15) is 16.7 Å². The van der Waals surface area contributed by atoms with E-state index in [1.54, 1.807) is 14.2 Å². The van der Waals surface area contributed by atoms with E-state index in [4.69, 9.17) is 9.47 Å². The SMILES string of the molecule is COc1ccc(OC)c(NCc2cc3c(C)ccc(C)c3[nH]c2=O)c1. The van der Waals surface area contributed by atoms with Gasteiger partial charge in [-0.2, -0.15) is 0 Å². The predicted octanol–water partition coefficient (Wildman–Crippen LogP) is 3.77. The molecule has 0 saturated heterocycles. The minimum atomic E-state index is -0.0874. The lowest BCUT2D eigenvalue weighted by molar-refractivity contribution is 0.404. The molecule has 0 aliphatic carbocycles. The Hall–Kier alpha value is -2.95. The first kappa shape index (κ1) is 16.9. The zero-order chi connectivity index (χ0) is 18.0. The molecule has 1 aromatic heterocycles. The second kappa shape index (κ2) is 6.89. The quantitative estimate of drug-likeness (QED) is 0.743. The number of benzene rings is 2. The maximum atomic E-state index is 12.4. The molecule has 130 valence electrons. The van der Waals surface area contributed by atoms with Crippen LogP contribution in [0.4, 0.5) is 5.69 Å². The molecule has 0 aliphatic rings. The number of nitrogens with one attached hydrogen (secondary N) is 2. The van der Waals surface area contributed by atoms with Crippen molar-refractivity contribution >= 4 is 16.6 Å². The fraction of sp³-hybridized carbons (Fsp3) is 0.250. The first-order valence-electron chi connectivity index (χ1n) is 8.11. The smallest absolute Gasteiger partial charge is 0.253 e. The molecule has 3 aromatic rings. The van der Waals surface area contributed by atoms with E-state index in [1.165, 1.54) is 0 Å². The highest BCUT2D eigenvalue weighted by molar-refractivity contribution is 5.85. The summed E-state index contributed by atoms with van der Waals surface area (Å²) in [5, 5.41) is 4.33. The van der Waals surface area contributed by atoms with Gasteiger partial charge >= 0.3 is 0 Å². The molecule has 25 heavy (non-hydrogen) atoms. The first-order valence-corrected chi connectivity index (χ1v) is 8.11. The molecule has 0 bridgehead atoms. The monoisotopic (exact) mass is 338 g/mol. The lowest BCUT2D eigenvalue weighted by Gasteiger charge is -2.13. The van der Waals surface area contributed by atoms with E-state index in [9.17, 15) is 4.79 Å². The Morgan fingerprint density at radius 1 is 1.00 bits per heavy atom. The number of hydrogen-bond donors (Lipinski definition) is 2. The van der Waals surface area contributed by atoms with Gasteiger partial charge in [-0.15, -0.1) is 0 Å². The molecule has 3 rings (SSSR count). The van der Waals surface area contributed by atoms with E-state index in [0.717, 1.165) is 33.5 Å². The molecule has 0 radical (unpaired) electrons. The fourth-order valence-electron chi connectivity index (χ4n) is 2.89. The maximum Gasteiger partial charge on any atom is 0.253 e. The van der Waals surface area contributed by atoms with Crippen molar-refractivity contribution < 1.29 is 9.47 Å². The van der Waals surface area contributed by atoms with Crippen LogP contribution in [-0.4, -0.2) is 19.2 Å². The van der Waals surface area contributed by atoms with Crippen molar-refractivity contribution in [2.45, 2.75) is 20.4 Å². The van der Waals surface area contributed by atoms with Gasteiger partial charge in [0.25, 0.3) is 5.56 Å². The van der Waals surface area contributed by atoms with Gasteiger partial charge in [0.1, 0.15) is 11.5 Å². The average Bonchev–Trinajstić information content (AvgIpc) is 2.63. The lowest BCUT2D eigenvalue weighted by atomic mass is 10.0. The molecule has 0 fully saturated rings. The van der Waals surface area contributed by atoms with Gasteiger partial charge in [0.15, 0.2) is 0 Å². The van der Waals surface area contributed by atoms with Crippen LogP contribution in [0.3, 0.4) is 0 Å². The summed E-state index contributed by atoms with van der Waals surface area (Å²) in [6, 6.07) is 11.6. The number of rotatable bonds is 5. The van der Waals surface area contributed by atoms with E-state index in [2.05, 4.69) is 16.4 Å². The highest BCUT2D eigenvalue weighted by Gasteiger charge is 2.09. The van der Waals surface area contributed by atoms with E-state index >= 15 is 0 Å². The number of methoxy groups -OCH3 is 2. The molecular formula is C20H22N2O3. The van der Waals surface area contributed by atoms with Gasteiger partial charge < -0.3 is 19.8 Å². The van der Waals surface area contributed by atoms with Crippen LogP contribution in [-0.2, 0) is 6.54 Å². The largest absolute Gasteiger partial charge is 0.497 e. The highest BCUT2D eigenvalue weighted by atomic mass is 16.5. The summed E-state index contributed by atoms with van der Waals surface area (Å²) in [5.41, 5.74) is 4.46. The number of aryl methyl sites for hydroxylation is 2. The molecule has 0 amide bonds. The van der Waals surface area contributed by atoms with E-state index < -0.39 is 0 Å². The Bertz CT molecular complexity index is 977. The van der Waals surface area contributed by atoms with Crippen molar-refractivity contribution in [3.8, 4) is 11.5 Å². The van der Waals surface area contributed by atoms with Gasteiger partial charge in [0.05, 0.1) is 25.4 Å². The number of fused-ring (bicyclic) bond motifs is 1. The van der Waals surface area contributed by atoms with Gasteiger partial charge in [0, 0.05) is 23.6 Å². The van der Waals surface area contributed by atoms with Crippen molar-refractivity contribution in [1.82, 2.24) is 4.98 Å². The normalized spacial score (nSPS) is 10.7. The van der Waals surface area contributed by atoms with Crippen LogP contribution in [0.15, 0.2) is 41.2 Å². The Kier molecular flexibility index (Phi) is 4.65. The van der Waals surface area contributed by atoms with Gasteiger partial charge in [-0.25, -0.2) is 0 Å². The van der Waals surface area contributed by atoms with Crippen LogP contribution in [0, 0.1) is 13.8 Å². The van der Waals surface area contributed by atoms with Crippen LogP contribution in [0.25, 0.3) is 10.9 Å². The molecule has 0 aliphatic heterocycles. The fourth-order valence-corrected chi connectivity index (χ4v) is 2.89. The number of aromatic amines is 1. The van der Waals surface area contributed by atoms with Crippen LogP contribution >= 0.6 is 0 Å². The average molecular weight is 338 g/mol.